The Bertz CT molecular complexity index is 675. The molecule has 0 aliphatic carbocycles. The molecule has 0 saturated carbocycles. The van der Waals surface area contributed by atoms with Crippen molar-refractivity contribution in [3.63, 3.8) is 0 Å². The average Bonchev–Trinajstić information content (AvgIpc) is 2.42. The molecular formula is C14H9ClF2N2S. The molecule has 2 nitrogen and oxygen atoms in total. The smallest absolute Gasteiger partial charge is 0.151 e. The molecule has 1 N–H and O–H groups in total. The highest BCUT2D eigenvalue weighted by atomic mass is 35.5. The van der Waals surface area contributed by atoms with E-state index in [-0.39, 0.29) is 10.7 Å². The van der Waals surface area contributed by atoms with Crippen molar-refractivity contribution in [2.24, 2.45) is 0 Å². The summed E-state index contributed by atoms with van der Waals surface area (Å²) in [5.41, 5.74) is 0.759. The van der Waals surface area contributed by atoms with Crippen LogP contribution in [0.15, 0.2) is 35.2 Å². The molecule has 102 valence electrons. The summed E-state index contributed by atoms with van der Waals surface area (Å²) < 4.78 is 26.7. The van der Waals surface area contributed by atoms with Crippen LogP contribution in [0.3, 0.4) is 0 Å². The maximum absolute atomic E-state index is 13.7. The summed E-state index contributed by atoms with van der Waals surface area (Å²) in [4.78, 5) is 0.760. The van der Waals surface area contributed by atoms with Crippen molar-refractivity contribution >= 4 is 34.7 Å². The number of nitrogens with one attached hydrogen (secondary N) is 1. The van der Waals surface area contributed by atoms with Crippen molar-refractivity contribution in [2.75, 3.05) is 11.6 Å². The maximum Gasteiger partial charge on any atom is 0.151 e. The first kappa shape index (κ1) is 14.6. The summed E-state index contributed by atoms with van der Waals surface area (Å²) in [6.07, 6.45) is 1.84. The molecule has 0 aromatic heterocycles. The van der Waals surface area contributed by atoms with Crippen LogP contribution in [0.1, 0.15) is 5.56 Å². The molecule has 0 bridgehead atoms. The minimum absolute atomic E-state index is 0.0529. The summed E-state index contributed by atoms with van der Waals surface area (Å²) in [6.45, 7) is 0. The monoisotopic (exact) mass is 310 g/mol. The number of anilines is 2. The fourth-order valence-corrected chi connectivity index (χ4v) is 2.53. The van der Waals surface area contributed by atoms with Gasteiger partial charge in [-0.2, -0.15) is 5.26 Å². The highest BCUT2D eigenvalue weighted by molar-refractivity contribution is 7.98. The Labute approximate surface area is 124 Å². The average molecular weight is 311 g/mol. The zero-order valence-corrected chi connectivity index (χ0v) is 11.9. The van der Waals surface area contributed by atoms with Crippen molar-refractivity contribution in [3.05, 3.63) is 52.6 Å². The van der Waals surface area contributed by atoms with E-state index in [9.17, 15) is 14.0 Å². The highest BCUT2D eigenvalue weighted by Crippen LogP contribution is 2.33. The van der Waals surface area contributed by atoms with Crippen LogP contribution >= 0.6 is 23.4 Å². The van der Waals surface area contributed by atoms with E-state index in [1.165, 1.54) is 11.8 Å². The van der Waals surface area contributed by atoms with Crippen LogP contribution in [0.4, 0.5) is 20.2 Å². The molecule has 0 unspecified atom stereocenters. The summed E-state index contributed by atoms with van der Waals surface area (Å²) in [5.74, 6) is -1.56. The van der Waals surface area contributed by atoms with Gasteiger partial charge in [-0.25, -0.2) is 8.78 Å². The number of benzene rings is 2. The van der Waals surface area contributed by atoms with Crippen molar-refractivity contribution < 1.29 is 8.78 Å². The van der Waals surface area contributed by atoms with Crippen LogP contribution in [0.2, 0.25) is 5.02 Å². The molecule has 0 atom stereocenters. The fraction of sp³-hybridized carbons (Fsp3) is 0.0714. The molecule has 0 saturated heterocycles. The molecule has 6 heteroatoms. The number of nitriles is 1. The molecule has 0 aliphatic rings. The van der Waals surface area contributed by atoms with E-state index in [1.54, 1.807) is 18.2 Å². The predicted octanol–water partition coefficient (Wildman–Crippen LogP) is 4.96. The number of hydrogen-bond donors (Lipinski definition) is 1. The van der Waals surface area contributed by atoms with Crippen molar-refractivity contribution in [2.45, 2.75) is 4.90 Å². The van der Waals surface area contributed by atoms with Crippen molar-refractivity contribution in [1.82, 2.24) is 0 Å². The number of thioether (sulfide) groups is 1. The van der Waals surface area contributed by atoms with Crippen LogP contribution < -0.4 is 5.32 Å². The summed E-state index contributed by atoms with van der Waals surface area (Å²) >= 11 is 7.23. The van der Waals surface area contributed by atoms with Gasteiger partial charge in [-0.1, -0.05) is 17.7 Å². The second kappa shape index (κ2) is 6.12. The molecule has 2 rings (SSSR count). The highest BCUT2D eigenvalue weighted by Gasteiger charge is 2.13. The minimum Gasteiger partial charge on any atom is -0.351 e. The van der Waals surface area contributed by atoms with Gasteiger partial charge >= 0.3 is 0 Å². The number of rotatable bonds is 3. The van der Waals surface area contributed by atoms with Gasteiger partial charge in [0.15, 0.2) is 5.82 Å². The van der Waals surface area contributed by atoms with E-state index in [1.807, 2.05) is 6.26 Å². The van der Waals surface area contributed by atoms with Gasteiger partial charge in [-0.15, -0.1) is 11.8 Å². The Kier molecular flexibility index (Phi) is 4.48. The molecule has 2 aromatic rings. The summed E-state index contributed by atoms with van der Waals surface area (Å²) in [6, 6.07) is 8.97. The third kappa shape index (κ3) is 2.87. The van der Waals surface area contributed by atoms with Gasteiger partial charge in [0, 0.05) is 11.0 Å². The van der Waals surface area contributed by atoms with Gasteiger partial charge in [0.2, 0.25) is 0 Å². The van der Waals surface area contributed by atoms with Crippen LogP contribution in [0.25, 0.3) is 0 Å². The molecule has 0 amide bonds. The van der Waals surface area contributed by atoms with Crippen molar-refractivity contribution in [3.8, 4) is 6.07 Å². The lowest BCUT2D eigenvalue weighted by Gasteiger charge is -2.12. The summed E-state index contributed by atoms with van der Waals surface area (Å²) in [5, 5.41) is 11.9. The van der Waals surface area contributed by atoms with E-state index in [0.29, 0.717) is 11.3 Å². The molecular weight excluding hydrogens is 302 g/mol. The predicted molar refractivity (Wildman–Crippen MR) is 77.6 cm³/mol. The fourth-order valence-electron chi connectivity index (χ4n) is 1.72. The lowest BCUT2D eigenvalue weighted by Crippen LogP contribution is -1.99. The van der Waals surface area contributed by atoms with Gasteiger partial charge in [0.1, 0.15) is 11.9 Å². The first-order valence-electron chi connectivity index (χ1n) is 5.55. The number of nitrogens with zero attached hydrogens (tertiary/aromatic N) is 1. The zero-order chi connectivity index (χ0) is 14.7. The van der Waals surface area contributed by atoms with Gasteiger partial charge < -0.3 is 5.32 Å². The van der Waals surface area contributed by atoms with E-state index >= 15 is 0 Å². The Morgan fingerprint density at radius 3 is 2.65 bits per heavy atom. The van der Waals surface area contributed by atoms with Crippen LogP contribution in [0, 0.1) is 23.0 Å². The lowest BCUT2D eigenvalue weighted by atomic mass is 10.2. The SMILES string of the molecule is CSc1cccc(Nc2c(F)cc(F)cc2Cl)c1C#N. The summed E-state index contributed by atoms with van der Waals surface area (Å²) in [7, 11) is 0. The Morgan fingerprint density at radius 2 is 2.05 bits per heavy atom. The molecule has 20 heavy (non-hydrogen) atoms. The second-order valence-electron chi connectivity index (χ2n) is 3.86. The normalized spacial score (nSPS) is 10.2. The molecule has 0 radical (unpaired) electrons. The zero-order valence-electron chi connectivity index (χ0n) is 10.4. The van der Waals surface area contributed by atoms with Gasteiger partial charge in [0.05, 0.1) is 22.0 Å². The first-order valence-corrected chi connectivity index (χ1v) is 7.15. The third-order valence-corrected chi connectivity index (χ3v) is 3.70. The number of halogens is 3. The lowest BCUT2D eigenvalue weighted by molar-refractivity contribution is 0.586. The maximum atomic E-state index is 13.7. The van der Waals surface area contributed by atoms with E-state index < -0.39 is 11.6 Å². The van der Waals surface area contributed by atoms with Crippen LogP contribution in [0.5, 0.6) is 0 Å². The standard InChI is InChI=1S/C14H9ClF2N2S/c1-20-13-4-2-3-12(9(13)7-18)19-14-10(15)5-8(16)6-11(14)17/h2-6,19H,1H3. The van der Waals surface area contributed by atoms with Gasteiger partial charge in [0.25, 0.3) is 0 Å². The van der Waals surface area contributed by atoms with E-state index in [4.69, 9.17) is 11.6 Å². The van der Waals surface area contributed by atoms with Crippen LogP contribution in [-0.4, -0.2) is 6.26 Å². The molecule has 0 spiro atoms. The Hall–Kier alpha value is -1.77. The second-order valence-corrected chi connectivity index (χ2v) is 5.12. The molecule has 0 aliphatic heterocycles. The molecule has 0 heterocycles. The largest absolute Gasteiger partial charge is 0.351 e. The molecule has 0 fully saturated rings. The van der Waals surface area contributed by atoms with Crippen LogP contribution in [-0.2, 0) is 0 Å². The first-order chi connectivity index (χ1) is 9.56. The minimum atomic E-state index is -0.812. The number of hydrogen-bond acceptors (Lipinski definition) is 3. The van der Waals surface area contributed by atoms with Gasteiger partial charge in [-0.05, 0) is 24.5 Å². The topological polar surface area (TPSA) is 35.8 Å². The Balaban J connectivity index is 2.49. The molecule has 2 aromatic carbocycles. The van der Waals surface area contributed by atoms with E-state index in [2.05, 4.69) is 11.4 Å². The Morgan fingerprint density at radius 1 is 1.30 bits per heavy atom. The third-order valence-electron chi connectivity index (χ3n) is 2.62. The van der Waals surface area contributed by atoms with Crippen molar-refractivity contribution in [1.29, 1.82) is 5.26 Å². The van der Waals surface area contributed by atoms with E-state index in [0.717, 1.165) is 17.0 Å². The van der Waals surface area contributed by atoms with Gasteiger partial charge in [-0.3, -0.25) is 0 Å². The quantitative estimate of drug-likeness (QED) is 0.814.